The highest BCUT2D eigenvalue weighted by Crippen LogP contribution is 2.42. The Labute approximate surface area is 97.8 Å². The molecule has 1 aromatic rings. The second-order valence-electron chi connectivity index (χ2n) is 3.98. The second-order valence-corrected chi connectivity index (χ2v) is 3.98. The highest BCUT2D eigenvalue weighted by molar-refractivity contribution is 5.79. The first-order chi connectivity index (χ1) is 8.07. The number of hydrogen-bond acceptors (Lipinski definition) is 3. The Morgan fingerprint density at radius 2 is 2.41 bits per heavy atom. The van der Waals surface area contributed by atoms with Gasteiger partial charge in [0.05, 0.1) is 18.2 Å². The first-order valence-electron chi connectivity index (χ1n) is 5.56. The van der Waals surface area contributed by atoms with Crippen molar-refractivity contribution in [3.8, 4) is 0 Å². The molecule has 0 aliphatic heterocycles. The number of aromatic nitrogens is 1. The first-order valence-corrected chi connectivity index (χ1v) is 5.56. The summed E-state index contributed by atoms with van der Waals surface area (Å²) < 4.78 is 32.2. The molecule has 1 heterocycles. The summed E-state index contributed by atoms with van der Waals surface area (Å²) in [5.74, 6) is -6.10. The van der Waals surface area contributed by atoms with Crippen molar-refractivity contribution in [2.45, 2.75) is 31.6 Å². The summed E-state index contributed by atoms with van der Waals surface area (Å²) in [6.07, 6.45) is 2.24. The van der Waals surface area contributed by atoms with Gasteiger partial charge < -0.3 is 4.74 Å². The molecule has 17 heavy (non-hydrogen) atoms. The maximum Gasteiger partial charge on any atom is 0.377 e. The number of esters is 1. The van der Waals surface area contributed by atoms with Gasteiger partial charge in [-0.15, -0.1) is 0 Å². The monoisotopic (exact) mass is 241 g/mol. The predicted octanol–water partition coefficient (Wildman–Crippen LogP) is 2.31. The third-order valence-electron chi connectivity index (χ3n) is 2.94. The average molecular weight is 241 g/mol. The highest BCUT2D eigenvalue weighted by atomic mass is 19.3. The summed E-state index contributed by atoms with van der Waals surface area (Å²) in [7, 11) is 0. The van der Waals surface area contributed by atoms with Crippen LogP contribution in [0.3, 0.4) is 0 Å². The summed E-state index contributed by atoms with van der Waals surface area (Å²) in [6.45, 7) is 1.46. The Morgan fingerprint density at radius 1 is 1.65 bits per heavy atom. The summed E-state index contributed by atoms with van der Waals surface area (Å²) in [5, 5.41) is 0. The number of ether oxygens (including phenoxy) is 1. The summed E-state index contributed by atoms with van der Waals surface area (Å²) >= 11 is 0. The van der Waals surface area contributed by atoms with E-state index in [1.54, 1.807) is 12.1 Å². The lowest BCUT2D eigenvalue weighted by atomic mass is 9.98. The van der Waals surface area contributed by atoms with Crippen molar-refractivity contribution in [1.82, 2.24) is 4.98 Å². The largest absolute Gasteiger partial charge is 0.462 e. The van der Waals surface area contributed by atoms with Crippen LogP contribution in [0.4, 0.5) is 8.78 Å². The van der Waals surface area contributed by atoms with Crippen molar-refractivity contribution in [3.63, 3.8) is 0 Å². The summed E-state index contributed by atoms with van der Waals surface area (Å²) in [5.41, 5.74) is 1.12. The molecule has 2 rings (SSSR count). The summed E-state index contributed by atoms with van der Waals surface area (Å²) in [6, 6.07) is 3.48. The van der Waals surface area contributed by atoms with Crippen LogP contribution in [0.25, 0.3) is 0 Å². The Morgan fingerprint density at radius 3 is 3.12 bits per heavy atom. The van der Waals surface area contributed by atoms with E-state index in [-0.39, 0.29) is 13.0 Å². The van der Waals surface area contributed by atoms with Crippen LogP contribution in [0.1, 0.15) is 30.5 Å². The molecule has 0 radical (unpaired) electrons. The van der Waals surface area contributed by atoms with Crippen LogP contribution in [0.15, 0.2) is 18.3 Å². The molecule has 5 heteroatoms. The van der Waals surface area contributed by atoms with Crippen molar-refractivity contribution in [1.29, 1.82) is 0 Å². The molecule has 3 nitrogen and oxygen atoms in total. The van der Waals surface area contributed by atoms with Crippen molar-refractivity contribution in [2.24, 2.45) is 0 Å². The number of carbonyl (C=O) groups is 1. The van der Waals surface area contributed by atoms with Gasteiger partial charge in [-0.3, -0.25) is 4.98 Å². The van der Waals surface area contributed by atoms with Gasteiger partial charge in [-0.25, -0.2) is 4.79 Å². The number of fused-ring (bicyclic) bond motifs is 1. The van der Waals surface area contributed by atoms with Gasteiger partial charge in [0.25, 0.3) is 0 Å². The normalized spacial score (nSPS) is 18.9. The lowest BCUT2D eigenvalue weighted by Gasteiger charge is -2.21. The van der Waals surface area contributed by atoms with Crippen molar-refractivity contribution in [3.05, 3.63) is 29.6 Å². The van der Waals surface area contributed by atoms with Crippen LogP contribution in [0, 0.1) is 0 Å². The molecule has 0 N–H and O–H groups in total. The number of hydrogen-bond donors (Lipinski definition) is 0. The van der Waals surface area contributed by atoms with E-state index in [1.165, 1.54) is 13.1 Å². The number of rotatable bonds is 3. The molecule has 1 atom stereocenters. The quantitative estimate of drug-likeness (QED) is 0.762. The zero-order valence-electron chi connectivity index (χ0n) is 9.45. The third-order valence-corrected chi connectivity index (χ3v) is 2.94. The van der Waals surface area contributed by atoms with Gasteiger partial charge in [-0.2, -0.15) is 8.78 Å². The minimum Gasteiger partial charge on any atom is -0.462 e. The van der Waals surface area contributed by atoms with E-state index in [4.69, 9.17) is 0 Å². The zero-order valence-corrected chi connectivity index (χ0v) is 9.45. The van der Waals surface area contributed by atoms with Gasteiger partial charge in [0.1, 0.15) is 0 Å². The van der Waals surface area contributed by atoms with E-state index in [9.17, 15) is 13.6 Å². The molecule has 0 fully saturated rings. The summed E-state index contributed by atoms with van der Waals surface area (Å²) in [4.78, 5) is 15.2. The van der Waals surface area contributed by atoms with Gasteiger partial charge in [-0.1, -0.05) is 6.07 Å². The van der Waals surface area contributed by atoms with Gasteiger partial charge in [0.15, 0.2) is 0 Å². The SMILES string of the molecule is CCOC(=O)C(F)(F)C1CCc2cccnc21. The molecule has 0 aromatic carbocycles. The number of alkyl halides is 2. The van der Waals surface area contributed by atoms with E-state index in [0.29, 0.717) is 12.1 Å². The van der Waals surface area contributed by atoms with E-state index in [2.05, 4.69) is 9.72 Å². The smallest absolute Gasteiger partial charge is 0.377 e. The lowest BCUT2D eigenvalue weighted by molar-refractivity contribution is -0.175. The minimum absolute atomic E-state index is 0.0454. The fraction of sp³-hybridized carbons (Fsp3) is 0.500. The second kappa shape index (κ2) is 4.39. The lowest BCUT2D eigenvalue weighted by Crippen LogP contribution is -2.36. The predicted molar refractivity (Wildman–Crippen MR) is 56.9 cm³/mol. The number of pyridine rings is 1. The van der Waals surface area contributed by atoms with E-state index < -0.39 is 17.8 Å². The number of aryl methyl sites for hydroxylation is 1. The number of halogens is 2. The average Bonchev–Trinajstić information content (AvgIpc) is 2.73. The molecule has 0 saturated carbocycles. The first kappa shape index (κ1) is 12.0. The minimum atomic E-state index is -3.49. The molecule has 1 aliphatic carbocycles. The van der Waals surface area contributed by atoms with Crippen LogP contribution in [-0.4, -0.2) is 23.5 Å². The number of nitrogens with zero attached hydrogens (tertiary/aromatic N) is 1. The topological polar surface area (TPSA) is 39.2 Å². The van der Waals surface area contributed by atoms with Crippen molar-refractivity contribution in [2.75, 3.05) is 6.61 Å². The van der Waals surface area contributed by atoms with Crippen LogP contribution >= 0.6 is 0 Å². The van der Waals surface area contributed by atoms with Crippen molar-refractivity contribution < 1.29 is 18.3 Å². The number of carbonyl (C=O) groups excluding carboxylic acids is 1. The Hall–Kier alpha value is -1.52. The van der Waals surface area contributed by atoms with Crippen LogP contribution in [0.5, 0.6) is 0 Å². The zero-order chi connectivity index (χ0) is 12.5. The molecule has 1 aromatic heterocycles. The molecular formula is C12H13F2NO2. The maximum absolute atomic E-state index is 13.9. The molecule has 0 saturated heterocycles. The molecule has 0 amide bonds. The van der Waals surface area contributed by atoms with Gasteiger partial charge in [0.2, 0.25) is 0 Å². The maximum atomic E-state index is 13.9. The van der Waals surface area contributed by atoms with E-state index in [1.807, 2.05) is 0 Å². The Balaban J connectivity index is 2.27. The van der Waals surface area contributed by atoms with E-state index >= 15 is 0 Å². The molecular weight excluding hydrogens is 228 g/mol. The van der Waals surface area contributed by atoms with Crippen LogP contribution in [-0.2, 0) is 16.0 Å². The van der Waals surface area contributed by atoms with Gasteiger partial charge >= 0.3 is 11.9 Å². The van der Waals surface area contributed by atoms with Crippen molar-refractivity contribution >= 4 is 5.97 Å². The van der Waals surface area contributed by atoms with Crippen LogP contribution < -0.4 is 0 Å². The molecule has 1 aliphatic rings. The van der Waals surface area contributed by atoms with E-state index in [0.717, 1.165) is 5.56 Å². The van der Waals surface area contributed by atoms with Crippen LogP contribution in [0.2, 0.25) is 0 Å². The molecule has 1 unspecified atom stereocenters. The molecule has 92 valence electrons. The molecule has 0 spiro atoms. The fourth-order valence-electron chi connectivity index (χ4n) is 2.14. The fourth-order valence-corrected chi connectivity index (χ4v) is 2.14. The Kier molecular flexibility index (Phi) is 3.09. The molecule has 0 bridgehead atoms. The standard InChI is InChI=1S/C12H13F2NO2/c1-2-17-11(16)12(13,14)9-6-5-8-4-3-7-15-10(8)9/h3-4,7,9H,2,5-6H2,1H3. The van der Waals surface area contributed by atoms with Gasteiger partial charge in [-0.05, 0) is 31.4 Å². The third kappa shape index (κ3) is 2.01. The Bertz CT molecular complexity index is 434. The van der Waals surface area contributed by atoms with Gasteiger partial charge in [0, 0.05) is 6.20 Å². The highest BCUT2D eigenvalue weighted by Gasteiger charge is 2.52.